The molecule has 1 aromatic heterocycles. The second kappa shape index (κ2) is 5.14. The van der Waals surface area contributed by atoms with Crippen LogP contribution in [0.3, 0.4) is 0 Å². The fraction of sp³-hybridized carbons (Fsp3) is 0. The van der Waals surface area contributed by atoms with Crippen LogP contribution in [0.1, 0.15) is 0 Å². The van der Waals surface area contributed by atoms with E-state index in [1.807, 2.05) is 36.4 Å². The Hall–Kier alpha value is -0.948. The molecule has 4 radical (unpaired) electrons. The maximum absolute atomic E-state index is 5.32. The van der Waals surface area contributed by atoms with Gasteiger partial charge in [0.25, 0.3) is 4.84 Å². The Bertz CT molecular complexity index is 687. The van der Waals surface area contributed by atoms with Crippen molar-refractivity contribution in [2.75, 3.05) is 0 Å². The van der Waals surface area contributed by atoms with E-state index in [1.165, 1.54) is 5.56 Å². The molecule has 0 atom stereocenters. The van der Waals surface area contributed by atoms with Crippen LogP contribution in [0.15, 0.2) is 52.9 Å². The standard InChI is InChI=1S/C13H9NOS.Pb/c16-13-14-11-8-10(6-7-12(11)15-13)9-4-2-1-3-5-9;/h1-8H,(H,14,16);. The molecule has 0 unspecified atom stereocenters. The summed E-state index contributed by atoms with van der Waals surface area (Å²) in [5.74, 6) is 0. The van der Waals surface area contributed by atoms with Crippen LogP contribution in [0.25, 0.3) is 22.2 Å². The first-order valence-electron chi connectivity index (χ1n) is 5.01. The molecule has 1 heterocycles. The van der Waals surface area contributed by atoms with Crippen LogP contribution in [0, 0.1) is 4.84 Å². The fourth-order valence-electron chi connectivity index (χ4n) is 1.76. The van der Waals surface area contributed by atoms with Crippen LogP contribution in [0.4, 0.5) is 0 Å². The third kappa shape index (κ3) is 2.50. The number of aromatic amines is 1. The van der Waals surface area contributed by atoms with Crippen LogP contribution < -0.4 is 0 Å². The van der Waals surface area contributed by atoms with Gasteiger partial charge in [-0.15, -0.1) is 0 Å². The van der Waals surface area contributed by atoms with Crippen molar-refractivity contribution >= 4 is 50.6 Å². The summed E-state index contributed by atoms with van der Waals surface area (Å²) in [7, 11) is 0. The van der Waals surface area contributed by atoms with Crippen molar-refractivity contribution in [1.82, 2.24) is 4.98 Å². The summed E-state index contributed by atoms with van der Waals surface area (Å²) in [4.78, 5) is 3.43. The van der Waals surface area contributed by atoms with E-state index in [9.17, 15) is 0 Å². The smallest absolute Gasteiger partial charge is 0.266 e. The molecule has 0 aliphatic heterocycles. The van der Waals surface area contributed by atoms with E-state index in [-0.39, 0.29) is 27.3 Å². The minimum Gasteiger partial charge on any atom is -0.429 e. The van der Waals surface area contributed by atoms with E-state index in [1.54, 1.807) is 0 Å². The number of aromatic nitrogens is 1. The van der Waals surface area contributed by atoms with Crippen molar-refractivity contribution in [3.8, 4) is 11.1 Å². The predicted molar refractivity (Wildman–Crippen MR) is 72.6 cm³/mol. The molecule has 17 heavy (non-hydrogen) atoms. The van der Waals surface area contributed by atoms with Crippen LogP contribution in [-0.2, 0) is 0 Å². The SMILES string of the molecule is S=c1[nH]c2cc(-c3ccccc3)ccc2o1.[Pb]. The molecular weight excluding hydrogens is 425 g/mol. The van der Waals surface area contributed by atoms with Crippen molar-refractivity contribution in [3.05, 3.63) is 53.4 Å². The van der Waals surface area contributed by atoms with Gasteiger partial charge in [-0.3, -0.25) is 0 Å². The van der Waals surface area contributed by atoms with Crippen molar-refractivity contribution in [1.29, 1.82) is 0 Å². The number of benzene rings is 2. The Morgan fingerprint density at radius 1 is 0.941 bits per heavy atom. The normalized spacial score (nSPS) is 10.1. The molecule has 82 valence electrons. The molecule has 0 amide bonds. The molecule has 0 bridgehead atoms. The molecule has 4 heteroatoms. The minimum absolute atomic E-state index is 0. The second-order valence-electron chi connectivity index (χ2n) is 3.59. The van der Waals surface area contributed by atoms with E-state index in [0.29, 0.717) is 4.84 Å². The molecule has 0 aliphatic carbocycles. The number of fused-ring (bicyclic) bond motifs is 1. The van der Waals surface area contributed by atoms with Gasteiger partial charge in [0.05, 0.1) is 5.52 Å². The largest absolute Gasteiger partial charge is 0.429 e. The van der Waals surface area contributed by atoms with Crippen molar-refractivity contribution in [2.45, 2.75) is 0 Å². The average molecular weight is 434 g/mol. The molecular formula is C13H9NOPbS. The molecule has 2 aromatic carbocycles. The number of rotatable bonds is 1. The summed E-state index contributed by atoms with van der Waals surface area (Å²) >= 11 is 4.95. The van der Waals surface area contributed by atoms with Gasteiger partial charge in [0.2, 0.25) is 0 Å². The topological polar surface area (TPSA) is 28.9 Å². The van der Waals surface area contributed by atoms with E-state index < -0.39 is 0 Å². The Kier molecular flexibility index (Phi) is 3.78. The maximum Gasteiger partial charge on any atom is 0.266 e. The van der Waals surface area contributed by atoms with Gasteiger partial charge in [-0.2, -0.15) is 0 Å². The zero-order valence-corrected chi connectivity index (χ0v) is 13.6. The van der Waals surface area contributed by atoms with Gasteiger partial charge in [-0.05, 0) is 35.5 Å². The molecule has 0 aliphatic rings. The Balaban J connectivity index is 0.00000108. The zero-order valence-electron chi connectivity index (χ0n) is 8.94. The summed E-state index contributed by atoms with van der Waals surface area (Å²) < 4.78 is 5.32. The fourth-order valence-corrected chi connectivity index (χ4v) is 1.96. The van der Waals surface area contributed by atoms with Crippen LogP contribution in [0.5, 0.6) is 0 Å². The second-order valence-corrected chi connectivity index (χ2v) is 3.96. The van der Waals surface area contributed by atoms with Gasteiger partial charge in [0.1, 0.15) is 0 Å². The number of hydrogen-bond acceptors (Lipinski definition) is 2. The Labute approximate surface area is 124 Å². The third-order valence-electron chi connectivity index (χ3n) is 2.53. The van der Waals surface area contributed by atoms with Gasteiger partial charge in [0, 0.05) is 27.3 Å². The summed E-state index contributed by atoms with van der Waals surface area (Å²) in [6.07, 6.45) is 0. The number of hydrogen-bond donors (Lipinski definition) is 1. The number of oxazole rings is 1. The number of H-pyrrole nitrogens is 1. The quantitative estimate of drug-likeness (QED) is 0.467. The summed E-state index contributed by atoms with van der Waals surface area (Å²) in [5, 5.41) is 0. The molecule has 3 aromatic rings. The third-order valence-corrected chi connectivity index (χ3v) is 2.71. The minimum atomic E-state index is 0. The maximum atomic E-state index is 5.32. The van der Waals surface area contributed by atoms with Crippen molar-refractivity contribution < 1.29 is 4.42 Å². The van der Waals surface area contributed by atoms with Crippen LogP contribution >= 0.6 is 12.2 Å². The molecule has 0 fully saturated rings. The summed E-state index contributed by atoms with van der Waals surface area (Å²) in [5.41, 5.74) is 4.07. The van der Waals surface area contributed by atoms with Gasteiger partial charge < -0.3 is 9.40 Å². The molecule has 0 spiro atoms. The zero-order chi connectivity index (χ0) is 11.0. The molecule has 0 saturated carbocycles. The first-order chi connectivity index (χ1) is 7.83. The van der Waals surface area contributed by atoms with Crippen LogP contribution in [0.2, 0.25) is 0 Å². The molecule has 3 rings (SSSR count). The van der Waals surface area contributed by atoms with Gasteiger partial charge in [0.15, 0.2) is 5.58 Å². The van der Waals surface area contributed by atoms with E-state index in [4.69, 9.17) is 16.6 Å². The first kappa shape index (κ1) is 12.5. The first-order valence-corrected chi connectivity index (χ1v) is 5.42. The van der Waals surface area contributed by atoms with Gasteiger partial charge >= 0.3 is 0 Å². The van der Waals surface area contributed by atoms with E-state index >= 15 is 0 Å². The van der Waals surface area contributed by atoms with E-state index in [0.717, 1.165) is 16.7 Å². The van der Waals surface area contributed by atoms with Gasteiger partial charge in [-0.1, -0.05) is 36.4 Å². The monoisotopic (exact) mass is 435 g/mol. The molecule has 2 nitrogen and oxygen atoms in total. The summed E-state index contributed by atoms with van der Waals surface area (Å²) in [6, 6.07) is 16.2. The molecule has 1 N–H and O–H groups in total. The van der Waals surface area contributed by atoms with Gasteiger partial charge in [-0.25, -0.2) is 0 Å². The Morgan fingerprint density at radius 2 is 1.71 bits per heavy atom. The predicted octanol–water partition coefficient (Wildman–Crippen LogP) is 3.78. The van der Waals surface area contributed by atoms with Crippen molar-refractivity contribution in [2.24, 2.45) is 0 Å². The van der Waals surface area contributed by atoms with E-state index in [2.05, 4.69) is 17.1 Å². The van der Waals surface area contributed by atoms with Crippen LogP contribution in [-0.4, -0.2) is 32.3 Å². The van der Waals surface area contributed by atoms with Crippen molar-refractivity contribution in [3.63, 3.8) is 0 Å². The average Bonchev–Trinajstić information content (AvgIpc) is 2.69. The number of nitrogens with one attached hydrogen (secondary N) is 1. The molecule has 0 saturated heterocycles. The Morgan fingerprint density at radius 3 is 2.47 bits per heavy atom. The summed E-state index contributed by atoms with van der Waals surface area (Å²) in [6.45, 7) is 0.